The molecule has 2 aromatic carbocycles. The van der Waals surface area contributed by atoms with E-state index >= 15 is 0 Å². The van der Waals surface area contributed by atoms with E-state index in [0.717, 1.165) is 5.56 Å². The lowest BCUT2D eigenvalue weighted by atomic mass is 10.0. The molecule has 32 heavy (non-hydrogen) atoms. The van der Waals surface area contributed by atoms with Crippen LogP contribution in [0.3, 0.4) is 0 Å². The molecular formula is C26H23Br2NO2S. The molecule has 0 saturated carbocycles. The van der Waals surface area contributed by atoms with Crippen LogP contribution in [0, 0.1) is 11.8 Å². The van der Waals surface area contributed by atoms with Crippen molar-refractivity contribution in [3.05, 3.63) is 89.9 Å². The van der Waals surface area contributed by atoms with E-state index in [4.69, 9.17) is 0 Å². The fourth-order valence-electron chi connectivity index (χ4n) is 3.33. The van der Waals surface area contributed by atoms with Crippen molar-refractivity contribution in [2.75, 3.05) is 5.75 Å². The van der Waals surface area contributed by atoms with E-state index in [1.165, 1.54) is 0 Å². The second-order valence-corrected chi connectivity index (χ2v) is 12.7. The molecule has 0 aliphatic heterocycles. The van der Waals surface area contributed by atoms with E-state index in [2.05, 4.69) is 50.3 Å². The van der Waals surface area contributed by atoms with Crippen LogP contribution in [-0.2, 0) is 17.7 Å². The summed E-state index contributed by atoms with van der Waals surface area (Å²) in [5, 5.41) is 0. The van der Waals surface area contributed by atoms with Crippen LogP contribution in [0.1, 0.15) is 13.3 Å². The Hall–Kier alpha value is -2.04. The number of benzene rings is 2. The molecule has 3 rings (SSSR count). The number of halogens is 2. The van der Waals surface area contributed by atoms with E-state index in [-0.39, 0.29) is 5.43 Å². The van der Waals surface area contributed by atoms with Gasteiger partial charge in [-0.25, -0.2) is 0 Å². The van der Waals surface area contributed by atoms with Gasteiger partial charge >= 0.3 is 0 Å². The Morgan fingerprint density at radius 3 is 2.41 bits per heavy atom. The summed E-state index contributed by atoms with van der Waals surface area (Å²) in [5.41, 5.74) is 2.53. The van der Waals surface area contributed by atoms with Crippen LogP contribution in [0.5, 0.6) is 0 Å². The Bertz CT molecular complexity index is 1210. The number of allylic oxidation sites excluding steroid dienone is 1. The highest BCUT2D eigenvalue weighted by atomic mass is 79.9. The Balaban J connectivity index is 2.12. The Labute approximate surface area is 209 Å². The van der Waals surface area contributed by atoms with Gasteiger partial charge in [0.15, 0.2) is 10.3 Å². The summed E-state index contributed by atoms with van der Waals surface area (Å²) < 4.78 is 14.7. The average Bonchev–Trinajstić information content (AvgIpc) is 2.79. The van der Waals surface area contributed by atoms with Gasteiger partial charge in [0.1, 0.15) is 8.99 Å². The molecule has 0 aliphatic carbocycles. The Morgan fingerprint density at radius 1 is 1.06 bits per heavy atom. The van der Waals surface area contributed by atoms with Crippen LogP contribution >= 0.6 is 31.9 Å². The van der Waals surface area contributed by atoms with E-state index < -0.39 is 14.4 Å². The van der Waals surface area contributed by atoms with E-state index in [1.807, 2.05) is 71.6 Å². The second-order valence-electron chi connectivity index (χ2n) is 7.21. The van der Waals surface area contributed by atoms with Gasteiger partial charge in [-0.2, -0.15) is 0 Å². The number of hydrogen-bond donors (Lipinski definition) is 0. The minimum absolute atomic E-state index is 0.0956. The van der Waals surface area contributed by atoms with E-state index in [9.17, 15) is 9.35 Å². The topological polar surface area (TPSA) is 45.1 Å². The monoisotopic (exact) mass is 571 g/mol. The second kappa shape index (κ2) is 11.2. The maximum atomic E-state index is 13.6. The van der Waals surface area contributed by atoms with Crippen molar-refractivity contribution in [3.8, 4) is 34.1 Å². The first-order valence-electron chi connectivity index (χ1n) is 10.0. The van der Waals surface area contributed by atoms with E-state index in [1.54, 1.807) is 13.0 Å². The highest BCUT2D eigenvalue weighted by Crippen LogP contribution is 2.36. The number of hydrogen-bond acceptors (Lipinski definition) is 2. The number of nitrogens with zero attached hydrogens (tertiary/aromatic N) is 1. The van der Waals surface area contributed by atoms with Crippen molar-refractivity contribution in [2.45, 2.75) is 28.0 Å². The molecule has 0 N–H and O–H groups in total. The molecule has 0 amide bonds. The van der Waals surface area contributed by atoms with Gasteiger partial charge in [-0.1, -0.05) is 80.4 Å². The summed E-state index contributed by atoms with van der Waals surface area (Å²) >= 11 is 5.82. The quantitative estimate of drug-likeness (QED) is 0.136. The van der Waals surface area contributed by atoms with Crippen molar-refractivity contribution < 1.29 is 4.55 Å². The molecule has 1 unspecified atom stereocenters. The minimum Gasteiger partial charge on any atom is -0.611 e. The molecule has 6 heteroatoms. The number of aromatic nitrogens is 1. The molecule has 3 nitrogen and oxygen atoms in total. The first-order chi connectivity index (χ1) is 15.4. The molecule has 1 aromatic heterocycles. The van der Waals surface area contributed by atoms with Crippen molar-refractivity contribution in [3.63, 3.8) is 0 Å². The normalized spacial score (nSPS) is 12.0. The lowest BCUT2D eigenvalue weighted by Crippen LogP contribution is -2.25. The van der Waals surface area contributed by atoms with Gasteiger partial charge in [-0.3, -0.25) is 4.79 Å². The first-order valence-corrected chi connectivity index (χ1v) is 12.9. The van der Waals surface area contributed by atoms with Gasteiger partial charge < -0.3 is 9.12 Å². The molecule has 1 atom stereocenters. The highest BCUT2D eigenvalue weighted by Gasteiger charge is 2.31. The zero-order valence-electron chi connectivity index (χ0n) is 17.7. The smallest absolute Gasteiger partial charge is 0.197 e. The summed E-state index contributed by atoms with van der Waals surface area (Å²) in [5.74, 6) is 6.17. The van der Waals surface area contributed by atoms with Gasteiger partial charge in [-0.15, -0.1) is 18.4 Å². The maximum Gasteiger partial charge on any atom is 0.197 e. The van der Waals surface area contributed by atoms with Crippen LogP contribution in [0.4, 0.5) is 0 Å². The molecule has 0 radical (unpaired) electrons. The predicted octanol–water partition coefficient (Wildman–Crippen LogP) is 6.38. The zero-order valence-corrected chi connectivity index (χ0v) is 21.7. The Kier molecular flexibility index (Phi) is 8.61. The van der Waals surface area contributed by atoms with E-state index in [0.29, 0.717) is 40.3 Å². The Morgan fingerprint density at radius 2 is 1.72 bits per heavy atom. The summed E-state index contributed by atoms with van der Waals surface area (Å²) in [6.45, 7) is 6.15. The van der Waals surface area contributed by atoms with Crippen molar-refractivity contribution in [1.29, 1.82) is 0 Å². The summed E-state index contributed by atoms with van der Waals surface area (Å²) in [6, 6.07) is 17.0. The molecular weight excluding hydrogens is 550 g/mol. The standard InChI is InChI=1S/C26H23Br2NO2S/c1-3-5-15-26(27,28)19-32(31)24-14-10-9-13-21(24)23-18-29(16-4-2)17-22(25(23)30)20-11-7-6-8-12-20/h4,6-14,17-18H,2,15-16,19H2,1H3. The zero-order chi connectivity index (χ0) is 23.1. The molecule has 3 aromatic rings. The molecule has 0 fully saturated rings. The lowest BCUT2D eigenvalue weighted by Gasteiger charge is -2.21. The first kappa shape index (κ1) is 24.6. The molecule has 0 bridgehead atoms. The molecule has 0 saturated heterocycles. The van der Waals surface area contributed by atoms with Gasteiger partial charge in [-0.05, 0) is 35.8 Å². The summed E-state index contributed by atoms with van der Waals surface area (Å²) in [7, 11) is 0. The SMILES string of the molecule is C=CCn1cc(-c2ccccc2)c(=O)c(-c2ccccc2[S+]([O-])CC(Br)(Br)CC#CC)c1. The summed E-state index contributed by atoms with van der Waals surface area (Å²) in [4.78, 5) is 14.2. The van der Waals surface area contributed by atoms with Crippen molar-refractivity contribution in [2.24, 2.45) is 0 Å². The van der Waals surface area contributed by atoms with Crippen LogP contribution in [0.25, 0.3) is 22.3 Å². The average molecular weight is 573 g/mol. The van der Waals surface area contributed by atoms with Gasteiger partial charge in [0, 0.05) is 36.5 Å². The number of rotatable bonds is 8. The highest BCUT2D eigenvalue weighted by molar-refractivity contribution is 9.25. The number of pyridine rings is 1. The van der Waals surface area contributed by atoms with Crippen LogP contribution in [-0.4, -0.2) is 18.1 Å². The molecule has 164 valence electrons. The van der Waals surface area contributed by atoms with Gasteiger partial charge in [0.05, 0.1) is 5.56 Å². The molecule has 1 heterocycles. The van der Waals surface area contributed by atoms with Gasteiger partial charge in [0.25, 0.3) is 0 Å². The fourth-order valence-corrected chi connectivity index (χ4v) is 6.15. The van der Waals surface area contributed by atoms with Crippen molar-refractivity contribution >= 4 is 43.0 Å². The largest absolute Gasteiger partial charge is 0.611 e. The maximum absolute atomic E-state index is 13.6. The fraction of sp³-hybridized carbons (Fsp3) is 0.192. The third kappa shape index (κ3) is 6.05. The third-order valence-corrected chi connectivity index (χ3v) is 8.26. The number of alkyl halides is 2. The minimum atomic E-state index is -1.37. The molecule has 0 aliphatic rings. The van der Waals surface area contributed by atoms with Gasteiger partial charge in [0.2, 0.25) is 0 Å². The summed E-state index contributed by atoms with van der Waals surface area (Å²) in [6.07, 6.45) is 5.94. The van der Waals surface area contributed by atoms with Crippen molar-refractivity contribution in [1.82, 2.24) is 4.57 Å². The van der Waals surface area contributed by atoms with Crippen LogP contribution in [0.15, 0.2) is 89.3 Å². The van der Waals surface area contributed by atoms with Crippen LogP contribution in [0.2, 0.25) is 0 Å². The lowest BCUT2D eigenvalue weighted by molar-refractivity contribution is 0.593. The predicted molar refractivity (Wildman–Crippen MR) is 142 cm³/mol. The molecule has 0 spiro atoms. The van der Waals surface area contributed by atoms with Crippen LogP contribution < -0.4 is 5.43 Å². The third-order valence-electron chi connectivity index (χ3n) is 4.79.